The van der Waals surface area contributed by atoms with Crippen LogP contribution in [0.15, 0.2) is 24.3 Å². The minimum absolute atomic E-state index is 0.162. The van der Waals surface area contributed by atoms with Crippen molar-refractivity contribution >= 4 is 23.4 Å². The van der Waals surface area contributed by atoms with E-state index in [0.29, 0.717) is 12.1 Å². The first kappa shape index (κ1) is 12.4. The van der Waals surface area contributed by atoms with E-state index in [1.54, 1.807) is 17.0 Å². The third-order valence-electron chi connectivity index (χ3n) is 2.93. The molecule has 1 heterocycles. The molecule has 1 saturated heterocycles. The largest absolute Gasteiger partial charge is 0.453 e. The van der Waals surface area contributed by atoms with Gasteiger partial charge in [0, 0.05) is 24.3 Å². The average molecular weight is 248 g/mol. The van der Waals surface area contributed by atoms with Gasteiger partial charge in [-0.05, 0) is 37.1 Å². The highest BCUT2D eigenvalue weighted by Gasteiger charge is 2.19. The molecule has 0 aromatic heterocycles. The zero-order chi connectivity index (χ0) is 13.0. The summed E-state index contributed by atoms with van der Waals surface area (Å²) in [5, 5.41) is 2.57. The number of piperidine rings is 1. The van der Waals surface area contributed by atoms with E-state index in [-0.39, 0.29) is 5.91 Å². The Kier molecular flexibility index (Phi) is 3.82. The van der Waals surface area contributed by atoms with Crippen molar-refractivity contribution in [1.82, 2.24) is 0 Å². The normalized spacial score (nSPS) is 15.4. The molecule has 5 nitrogen and oxygen atoms in total. The van der Waals surface area contributed by atoms with Gasteiger partial charge in [0.25, 0.3) is 0 Å². The van der Waals surface area contributed by atoms with Crippen molar-refractivity contribution in [3.63, 3.8) is 0 Å². The van der Waals surface area contributed by atoms with Gasteiger partial charge >= 0.3 is 6.09 Å². The summed E-state index contributed by atoms with van der Waals surface area (Å²) in [5.74, 6) is 0.162. The number of hydrogen-bond donors (Lipinski definition) is 1. The molecule has 1 aromatic rings. The van der Waals surface area contributed by atoms with E-state index in [2.05, 4.69) is 10.1 Å². The zero-order valence-electron chi connectivity index (χ0n) is 10.3. The fourth-order valence-electron chi connectivity index (χ4n) is 1.97. The second-order valence-corrected chi connectivity index (χ2v) is 4.17. The van der Waals surface area contributed by atoms with Crippen LogP contribution in [0.3, 0.4) is 0 Å². The Morgan fingerprint density at radius 2 is 2.00 bits per heavy atom. The molecule has 1 aromatic carbocycles. The number of carbonyl (C=O) groups excluding carboxylic acids is 2. The third-order valence-corrected chi connectivity index (χ3v) is 2.93. The van der Waals surface area contributed by atoms with Gasteiger partial charge in [0.05, 0.1) is 7.11 Å². The lowest BCUT2D eigenvalue weighted by Gasteiger charge is -2.26. The summed E-state index contributed by atoms with van der Waals surface area (Å²) in [4.78, 5) is 24.5. The van der Waals surface area contributed by atoms with Crippen molar-refractivity contribution in [2.45, 2.75) is 19.3 Å². The second-order valence-electron chi connectivity index (χ2n) is 4.17. The molecule has 5 heteroatoms. The van der Waals surface area contributed by atoms with Gasteiger partial charge in [-0.25, -0.2) is 4.79 Å². The van der Waals surface area contributed by atoms with Crippen LogP contribution in [0.4, 0.5) is 16.2 Å². The van der Waals surface area contributed by atoms with Crippen molar-refractivity contribution in [3.05, 3.63) is 24.3 Å². The van der Waals surface area contributed by atoms with E-state index in [1.807, 2.05) is 12.1 Å². The Morgan fingerprint density at radius 3 is 2.61 bits per heavy atom. The molecule has 1 aliphatic heterocycles. The predicted octanol–water partition coefficient (Wildman–Crippen LogP) is 2.38. The first-order valence-electron chi connectivity index (χ1n) is 5.96. The maximum absolute atomic E-state index is 11.7. The number of anilines is 2. The van der Waals surface area contributed by atoms with Crippen molar-refractivity contribution < 1.29 is 14.3 Å². The van der Waals surface area contributed by atoms with Crippen molar-refractivity contribution in [3.8, 4) is 0 Å². The van der Waals surface area contributed by atoms with Crippen LogP contribution in [0.1, 0.15) is 19.3 Å². The van der Waals surface area contributed by atoms with Crippen molar-refractivity contribution in [2.75, 3.05) is 23.9 Å². The molecule has 0 unspecified atom stereocenters. The van der Waals surface area contributed by atoms with E-state index in [1.165, 1.54) is 7.11 Å². The molecule has 0 aliphatic carbocycles. The fraction of sp³-hybridized carbons (Fsp3) is 0.385. The quantitative estimate of drug-likeness (QED) is 0.874. The van der Waals surface area contributed by atoms with Gasteiger partial charge < -0.3 is 9.64 Å². The van der Waals surface area contributed by atoms with Gasteiger partial charge in [-0.3, -0.25) is 10.1 Å². The monoisotopic (exact) mass is 248 g/mol. The van der Waals surface area contributed by atoms with Gasteiger partial charge in [0.1, 0.15) is 0 Å². The Morgan fingerprint density at radius 1 is 1.28 bits per heavy atom. The summed E-state index contributed by atoms with van der Waals surface area (Å²) < 4.78 is 4.50. The summed E-state index contributed by atoms with van der Waals surface area (Å²) in [6.45, 7) is 0.766. The second kappa shape index (κ2) is 5.53. The van der Waals surface area contributed by atoms with E-state index in [9.17, 15) is 9.59 Å². The minimum atomic E-state index is -0.503. The number of amides is 2. The van der Waals surface area contributed by atoms with Crippen molar-refractivity contribution in [1.29, 1.82) is 0 Å². The zero-order valence-corrected chi connectivity index (χ0v) is 10.3. The first-order chi connectivity index (χ1) is 8.70. The Hall–Kier alpha value is -2.04. The maximum atomic E-state index is 11.7. The number of carbonyl (C=O) groups is 2. The summed E-state index contributed by atoms with van der Waals surface area (Å²) in [6, 6.07) is 7.17. The van der Waals surface area contributed by atoms with Gasteiger partial charge in [-0.2, -0.15) is 0 Å². The number of hydrogen-bond acceptors (Lipinski definition) is 3. The number of nitrogens with one attached hydrogen (secondary N) is 1. The van der Waals surface area contributed by atoms with Crippen molar-refractivity contribution in [2.24, 2.45) is 0 Å². The number of ether oxygens (including phenoxy) is 1. The fourth-order valence-corrected chi connectivity index (χ4v) is 1.97. The smallest absolute Gasteiger partial charge is 0.411 e. The van der Waals surface area contributed by atoms with Crippen LogP contribution in [0.25, 0.3) is 0 Å². The molecule has 1 aliphatic rings. The molecule has 96 valence electrons. The lowest BCUT2D eigenvalue weighted by atomic mass is 10.1. The molecular formula is C13H16N2O3. The van der Waals surface area contributed by atoms with E-state index in [4.69, 9.17) is 0 Å². The molecule has 0 atom stereocenters. The Bertz CT molecular complexity index is 442. The number of nitrogens with zero attached hydrogens (tertiary/aromatic N) is 1. The highest BCUT2D eigenvalue weighted by Crippen LogP contribution is 2.22. The number of rotatable bonds is 2. The van der Waals surface area contributed by atoms with E-state index in [0.717, 1.165) is 25.1 Å². The summed E-state index contributed by atoms with van der Waals surface area (Å²) in [7, 11) is 1.32. The van der Waals surface area contributed by atoms with Gasteiger partial charge in [-0.15, -0.1) is 0 Å². The van der Waals surface area contributed by atoms with Crippen LogP contribution in [-0.2, 0) is 9.53 Å². The summed E-state index contributed by atoms with van der Waals surface area (Å²) >= 11 is 0. The van der Waals surface area contributed by atoms with Gasteiger partial charge in [0.15, 0.2) is 0 Å². The molecule has 0 saturated carbocycles. The molecule has 0 radical (unpaired) electrons. The molecule has 0 bridgehead atoms. The van der Waals surface area contributed by atoms with Crippen LogP contribution >= 0.6 is 0 Å². The lowest BCUT2D eigenvalue weighted by Crippen LogP contribution is -2.35. The Labute approximate surface area is 106 Å². The summed E-state index contributed by atoms with van der Waals surface area (Å²) in [5.41, 5.74) is 1.52. The lowest BCUT2D eigenvalue weighted by molar-refractivity contribution is -0.119. The molecule has 18 heavy (non-hydrogen) atoms. The van der Waals surface area contributed by atoms with Gasteiger partial charge in [0.2, 0.25) is 5.91 Å². The SMILES string of the molecule is COC(=O)Nc1ccc(N2CCCCC2=O)cc1. The number of methoxy groups -OCH3 is 1. The summed E-state index contributed by atoms with van der Waals surface area (Å²) in [6.07, 6.45) is 2.12. The van der Waals surface area contributed by atoms with E-state index >= 15 is 0 Å². The third kappa shape index (κ3) is 2.80. The standard InChI is InChI=1S/C13H16N2O3/c1-18-13(17)14-10-5-7-11(8-6-10)15-9-3-2-4-12(15)16/h5-8H,2-4,9H2,1H3,(H,14,17). The highest BCUT2D eigenvalue weighted by atomic mass is 16.5. The number of benzene rings is 1. The first-order valence-corrected chi connectivity index (χ1v) is 5.96. The molecular weight excluding hydrogens is 232 g/mol. The van der Waals surface area contributed by atoms with E-state index < -0.39 is 6.09 Å². The van der Waals surface area contributed by atoms with Crippen LogP contribution in [-0.4, -0.2) is 25.7 Å². The average Bonchev–Trinajstić information content (AvgIpc) is 2.40. The Balaban J connectivity index is 2.07. The van der Waals surface area contributed by atoms with Crippen LogP contribution in [0, 0.1) is 0 Å². The van der Waals surface area contributed by atoms with Gasteiger partial charge in [-0.1, -0.05) is 0 Å². The molecule has 1 N–H and O–H groups in total. The predicted molar refractivity (Wildman–Crippen MR) is 68.7 cm³/mol. The highest BCUT2D eigenvalue weighted by molar-refractivity contribution is 5.94. The van der Waals surface area contributed by atoms with Crippen LogP contribution in [0.2, 0.25) is 0 Å². The molecule has 0 spiro atoms. The van der Waals surface area contributed by atoms with Crippen LogP contribution in [0.5, 0.6) is 0 Å². The molecule has 2 rings (SSSR count). The molecule has 2 amide bonds. The topological polar surface area (TPSA) is 58.6 Å². The minimum Gasteiger partial charge on any atom is -0.453 e. The molecule has 1 fully saturated rings. The van der Waals surface area contributed by atoms with Crippen LogP contribution < -0.4 is 10.2 Å². The maximum Gasteiger partial charge on any atom is 0.411 e.